The summed E-state index contributed by atoms with van der Waals surface area (Å²) < 4.78 is 10.6. The van der Waals surface area contributed by atoms with E-state index in [1.54, 1.807) is 17.0 Å². The molecule has 2 saturated heterocycles. The fourth-order valence-electron chi connectivity index (χ4n) is 3.30. The average molecular weight is 380 g/mol. The topological polar surface area (TPSA) is 80.1 Å². The highest BCUT2D eigenvalue weighted by Gasteiger charge is 2.43. The minimum absolute atomic E-state index is 0.173. The maximum absolute atomic E-state index is 12.5. The average Bonchev–Trinajstić information content (AvgIpc) is 3.28. The number of rotatable bonds is 4. The predicted octanol–water partition coefficient (Wildman–Crippen LogP) is 2.04. The molecule has 8 heteroatoms. The van der Waals surface area contributed by atoms with Crippen LogP contribution in [-0.4, -0.2) is 59.1 Å². The number of hydrogen-bond acceptors (Lipinski definition) is 6. The molecule has 3 heterocycles. The van der Waals surface area contributed by atoms with E-state index in [9.17, 15) is 14.4 Å². The molecule has 0 unspecified atom stereocenters. The van der Waals surface area contributed by atoms with Gasteiger partial charge in [-0.3, -0.25) is 9.59 Å². The maximum atomic E-state index is 12.5. The Morgan fingerprint density at radius 2 is 2.04 bits per heavy atom. The molecule has 0 bridgehead atoms. The Hall–Kier alpha value is -1.96. The highest BCUT2D eigenvalue weighted by Crippen LogP contribution is 2.41. The minimum Gasteiger partial charge on any atom is -0.466 e. The number of hydrogen-bond donors (Lipinski definition) is 0. The van der Waals surface area contributed by atoms with Crippen molar-refractivity contribution in [2.45, 2.75) is 38.1 Å². The molecule has 2 atom stereocenters. The molecule has 2 fully saturated rings. The zero-order valence-electron chi connectivity index (χ0n) is 15.1. The number of ether oxygens (including phenoxy) is 1. The summed E-state index contributed by atoms with van der Waals surface area (Å²) >= 11 is 1.45. The van der Waals surface area contributed by atoms with Crippen molar-refractivity contribution < 1.29 is 23.5 Å². The number of thioether (sulfide) groups is 1. The van der Waals surface area contributed by atoms with E-state index in [2.05, 4.69) is 6.92 Å². The number of piperidine rings is 1. The third-order valence-corrected chi connectivity index (χ3v) is 6.18. The predicted molar refractivity (Wildman–Crippen MR) is 96.2 cm³/mol. The van der Waals surface area contributed by atoms with Crippen LogP contribution in [0, 0.1) is 5.92 Å². The van der Waals surface area contributed by atoms with E-state index in [1.165, 1.54) is 29.8 Å². The molecule has 2 aliphatic rings. The van der Waals surface area contributed by atoms with Crippen LogP contribution in [0.15, 0.2) is 22.8 Å². The Balaban J connectivity index is 1.57. The zero-order chi connectivity index (χ0) is 18.7. The fraction of sp³-hybridized carbons (Fsp3) is 0.611. The summed E-state index contributed by atoms with van der Waals surface area (Å²) in [4.78, 5) is 40.0. The number of furan rings is 1. The maximum Gasteiger partial charge on any atom is 0.330 e. The highest BCUT2D eigenvalue weighted by molar-refractivity contribution is 7.99. The summed E-state index contributed by atoms with van der Waals surface area (Å²) in [5.74, 6) is 0.723. The first-order valence-corrected chi connectivity index (χ1v) is 9.90. The first-order chi connectivity index (χ1) is 12.5. The molecule has 1 aromatic heterocycles. The van der Waals surface area contributed by atoms with Gasteiger partial charge in [-0.25, -0.2) is 4.79 Å². The van der Waals surface area contributed by atoms with Crippen LogP contribution in [0.4, 0.5) is 0 Å². The lowest BCUT2D eigenvalue weighted by molar-refractivity contribution is -0.158. The molecular weight excluding hydrogens is 356 g/mol. The van der Waals surface area contributed by atoms with Gasteiger partial charge in [0.2, 0.25) is 5.91 Å². The second-order valence-corrected chi connectivity index (χ2v) is 7.93. The van der Waals surface area contributed by atoms with Gasteiger partial charge in [0.15, 0.2) is 6.61 Å². The van der Waals surface area contributed by atoms with Crippen molar-refractivity contribution in [3.63, 3.8) is 0 Å². The van der Waals surface area contributed by atoms with E-state index < -0.39 is 12.0 Å². The van der Waals surface area contributed by atoms with Gasteiger partial charge in [0.05, 0.1) is 6.26 Å². The first kappa shape index (κ1) is 18.8. The Bertz CT molecular complexity index is 655. The summed E-state index contributed by atoms with van der Waals surface area (Å²) in [5, 5.41) is -0.348. The smallest absolute Gasteiger partial charge is 0.330 e. The molecule has 0 N–H and O–H groups in total. The van der Waals surface area contributed by atoms with Gasteiger partial charge in [0, 0.05) is 25.8 Å². The van der Waals surface area contributed by atoms with Crippen LogP contribution in [0.3, 0.4) is 0 Å². The van der Waals surface area contributed by atoms with Crippen molar-refractivity contribution in [3.8, 4) is 0 Å². The van der Waals surface area contributed by atoms with Crippen molar-refractivity contribution in [1.82, 2.24) is 9.80 Å². The summed E-state index contributed by atoms with van der Waals surface area (Å²) in [6.07, 6.45) is 3.49. The summed E-state index contributed by atoms with van der Waals surface area (Å²) in [7, 11) is 0. The van der Waals surface area contributed by atoms with Crippen LogP contribution in [0.5, 0.6) is 0 Å². The number of amides is 2. The van der Waals surface area contributed by atoms with E-state index in [1.807, 2.05) is 0 Å². The van der Waals surface area contributed by atoms with Gasteiger partial charge in [-0.05, 0) is 30.9 Å². The van der Waals surface area contributed by atoms with Crippen molar-refractivity contribution in [2.75, 3.05) is 25.4 Å². The van der Waals surface area contributed by atoms with Gasteiger partial charge >= 0.3 is 5.97 Å². The monoisotopic (exact) mass is 380 g/mol. The molecule has 0 spiro atoms. The van der Waals surface area contributed by atoms with Gasteiger partial charge in [-0.15, -0.1) is 11.8 Å². The number of likely N-dealkylation sites (tertiary alicyclic amines) is 1. The molecular formula is C18H24N2O5S. The third-order valence-electron chi connectivity index (χ3n) is 4.90. The highest BCUT2D eigenvalue weighted by atomic mass is 32.2. The summed E-state index contributed by atoms with van der Waals surface area (Å²) in [5.41, 5.74) is 0. The second-order valence-electron chi connectivity index (χ2n) is 6.81. The standard InChI is InChI=1S/C18H24N2O5S/c1-12-5-7-19(8-6-12)16(22)10-25-18(23)14-11-26-17(20(14)13(2)21)15-4-3-9-24-15/h3-4,9,12,14,17H,5-8,10-11H2,1-2H3/t14-,17+/m1/s1. The summed E-state index contributed by atoms with van der Waals surface area (Å²) in [6.45, 7) is 4.73. The number of carbonyl (C=O) groups is 3. The normalized spacial score (nSPS) is 23.9. The van der Waals surface area contributed by atoms with Gasteiger partial charge < -0.3 is 19.0 Å². The number of nitrogens with zero attached hydrogens (tertiary/aromatic N) is 2. The summed E-state index contributed by atoms with van der Waals surface area (Å²) in [6, 6.07) is 2.82. The second kappa shape index (κ2) is 8.16. The minimum atomic E-state index is -0.707. The molecule has 142 valence electrons. The van der Waals surface area contributed by atoms with Crippen LogP contribution in [0.1, 0.15) is 37.8 Å². The molecule has 2 amide bonds. The van der Waals surface area contributed by atoms with Crippen molar-refractivity contribution in [2.24, 2.45) is 5.92 Å². The molecule has 0 saturated carbocycles. The molecule has 0 aliphatic carbocycles. The molecule has 26 heavy (non-hydrogen) atoms. The molecule has 2 aliphatic heterocycles. The third kappa shape index (κ3) is 4.06. The van der Waals surface area contributed by atoms with E-state index >= 15 is 0 Å². The largest absolute Gasteiger partial charge is 0.466 e. The van der Waals surface area contributed by atoms with Crippen molar-refractivity contribution >= 4 is 29.5 Å². The SMILES string of the molecule is CC(=O)N1[C@@H](C(=O)OCC(=O)N2CCC(C)CC2)CS[C@H]1c1ccco1. The van der Waals surface area contributed by atoms with E-state index in [4.69, 9.17) is 9.15 Å². The lowest BCUT2D eigenvalue weighted by atomic mass is 9.99. The van der Waals surface area contributed by atoms with Crippen LogP contribution in [0.25, 0.3) is 0 Å². The quantitative estimate of drug-likeness (QED) is 0.744. The van der Waals surface area contributed by atoms with Gasteiger partial charge in [-0.2, -0.15) is 0 Å². The number of carbonyl (C=O) groups excluding carboxylic acids is 3. The Labute approximate surface area is 157 Å². The molecule has 3 rings (SSSR count). The van der Waals surface area contributed by atoms with E-state index in [-0.39, 0.29) is 23.8 Å². The van der Waals surface area contributed by atoms with Crippen LogP contribution < -0.4 is 0 Å². The fourth-order valence-corrected chi connectivity index (χ4v) is 4.72. The van der Waals surface area contributed by atoms with Gasteiger partial charge in [0.25, 0.3) is 5.91 Å². The molecule has 0 aromatic carbocycles. The van der Waals surface area contributed by atoms with E-state index in [0.717, 1.165) is 12.8 Å². The molecule has 1 aromatic rings. The Kier molecular flexibility index (Phi) is 5.90. The Morgan fingerprint density at radius 3 is 2.65 bits per heavy atom. The molecule has 0 radical (unpaired) electrons. The zero-order valence-corrected chi connectivity index (χ0v) is 15.9. The van der Waals surface area contributed by atoms with Crippen molar-refractivity contribution in [3.05, 3.63) is 24.2 Å². The van der Waals surface area contributed by atoms with Gasteiger partial charge in [0.1, 0.15) is 17.2 Å². The van der Waals surface area contributed by atoms with Crippen LogP contribution in [0.2, 0.25) is 0 Å². The molecule has 7 nitrogen and oxygen atoms in total. The van der Waals surface area contributed by atoms with Crippen LogP contribution in [-0.2, 0) is 19.1 Å². The van der Waals surface area contributed by atoms with E-state index in [0.29, 0.717) is 30.5 Å². The van der Waals surface area contributed by atoms with Crippen LogP contribution >= 0.6 is 11.8 Å². The van der Waals surface area contributed by atoms with Gasteiger partial charge in [-0.1, -0.05) is 6.92 Å². The first-order valence-electron chi connectivity index (χ1n) is 8.85. The van der Waals surface area contributed by atoms with Crippen molar-refractivity contribution in [1.29, 1.82) is 0 Å². The Morgan fingerprint density at radius 1 is 1.31 bits per heavy atom. The lowest BCUT2D eigenvalue weighted by Gasteiger charge is -2.30. The lowest BCUT2D eigenvalue weighted by Crippen LogP contribution is -2.45. The number of esters is 1.